The molecule has 156 valence electrons. The van der Waals surface area contributed by atoms with Gasteiger partial charge in [0, 0.05) is 23.9 Å². The van der Waals surface area contributed by atoms with Crippen molar-refractivity contribution >= 4 is 11.6 Å². The van der Waals surface area contributed by atoms with Crippen LogP contribution < -0.4 is 4.90 Å². The van der Waals surface area contributed by atoms with Crippen LogP contribution in [0.1, 0.15) is 41.7 Å². The fourth-order valence-corrected chi connectivity index (χ4v) is 3.40. The van der Waals surface area contributed by atoms with Gasteiger partial charge in [0.2, 0.25) is 0 Å². The molecule has 8 nitrogen and oxygen atoms in total. The van der Waals surface area contributed by atoms with E-state index in [4.69, 9.17) is 9.47 Å². The Bertz CT molecular complexity index is 1020. The first-order valence-electron chi connectivity index (χ1n) is 10.3. The molecule has 30 heavy (non-hydrogen) atoms. The summed E-state index contributed by atoms with van der Waals surface area (Å²) < 4.78 is 13.1. The smallest absolute Gasteiger partial charge is 0.280 e. The van der Waals surface area contributed by atoms with Gasteiger partial charge in [-0.2, -0.15) is 0 Å². The summed E-state index contributed by atoms with van der Waals surface area (Å²) in [4.78, 5) is 14.2. The molecule has 1 amide bonds. The summed E-state index contributed by atoms with van der Waals surface area (Å²) in [6, 6.07) is 5.01. The molecule has 3 aliphatic rings. The average Bonchev–Trinajstić information content (AvgIpc) is 3.68. The van der Waals surface area contributed by atoms with Crippen LogP contribution in [-0.2, 0) is 16.0 Å². The maximum absolute atomic E-state index is 12.9. The summed E-state index contributed by atoms with van der Waals surface area (Å²) >= 11 is 0. The van der Waals surface area contributed by atoms with Gasteiger partial charge in [0.05, 0.1) is 31.6 Å². The molecule has 2 saturated carbocycles. The third-order valence-electron chi connectivity index (χ3n) is 5.84. The maximum atomic E-state index is 12.9. The third-order valence-corrected chi connectivity index (χ3v) is 5.84. The van der Waals surface area contributed by atoms with Crippen LogP contribution in [-0.4, -0.2) is 52.6 Å². The van der Waals surface area contributed by atoms with E-state index in [9.17, 15) is 9.90 Å². The van der Waals surface area contributed by atoms with Gasteiger partial charge in [0.25, 0.3) is 5.91 Å². The van der Waals surface area contributed by atoms with E-state index in [0.29, 0.717) is 31.4 Å². The molecular weight excluding hydrogens is 384 g/mol. The zero-order valence-electron chi connectivity index (χ0n) is 16.9. The van der Waals surface area contributed by atoms with Crippen LogP contribution in [0.3, 0.4) is 0 Å². The summed E-state index contributed by atoms with van der Waals surface area (Å²) in [5.74, 6) is 6.41. The topological polar surface area (TPSA) is 89.7 Å². The molecule has 2 aliphatic carbocycles. The largest absolute Gasteiger partial charge is 0.506 e. The normalized spacial score (nSPS) is 19.9. The van der Waals surface area contributed by atoms with E-state index in [2.05, 4.69) is 22.2 Å². The molecule has 1 N–H and O–H groups in total. The highest BCUT2D eigenvalue weighted by Crippen LogP contribution is 2.48. The predicted molar refractivity (Wildman–Crippen MR) is 108 cm³/mol. The molecule has 2 heterocycles. The number of phenols is 1. The van der Waals surface area contributed by atoms with Crippen molar-refractivity contribution in [3.63, 3.8) is 0 Å². The number of amides is 1. The van der Waals surface area contributed by atoms with Crippen LogP contribution in [0.15, 0.2) is 24.4 Å². The number of benzene rings is 1. The predicted octanol–water partition coefficient (Wildman–Crippen LogP) is 2.17. The number of hydrogen-bond acceptors (Lipinski definition) is 6. The van der Waals surface area contributed by atoms with Crippen molar-refractivity contribution in [1.82, 2.24) is 15.0 Å². The van der Waals surface area contributed by atoms with Gasteiger partial charge in [-0.25, -0.2) is 4.68 Å². The molecule has 0 radical (unpaired) electrons. The van der Waals surface area contributed by atoms with E-state index in [1.807, 2.05) is 0 Å². The number of rotatable bonds is 4. The zero-order chi connectivity index (χ0) is 20.7. The molecule has 8 heteroatoms. The Balaban J connectivity index is 1.25. The Labute approximate surface area is 174 Å². The van der Waals surface area contributed by atoms with Gasteiger partial charge in [0.1, 0.15) is 5.75 Å². The minimum atomic E-state index is -0.385. The number of carbonyl (C=O) groups is 1. The average molecular weight is 408 g/mol. The van der Waals surface area contributed by atoms with Crippen molar-refractivity contribution in [3.8, 4) is 17.6 Å². The molecule has 3 fully saturated rings. The molecule has 0 unspecified atom stereocenters. The second-order valence-corrected chi connectivity index (χ2v) is 8.49. The van der Waals surface area contributed by atoms with E-state index < -0.39 is 0 Å². The van der Waals surface area contributed by atoms with E-state index in [1.165, 1.54) is 4.90 Å². The first kappa shape index (κ1) is 19.1. The Morgan fingerprint density at radius 3 is 2.80 bits per heavy atom. The maximum Gasteiger partial charge on any atom is 0.280 e. The summed E-state index contributed by atoms with van der Waals surface area (Å²) in [6.07, 6.45) is 5.79. The van der Waals surface area contributed by atoms with E-state index >= 15 is 0 Å². The van der Waals surface area contributed by atoms with Gasteiger partial charge in [-0.15, -0.1) is 5.10 Å². The van der Waals surface area contributed by atoms with Crippen molar-refractivity contribution in [3.05, 3.63) is 35.7 Å². The summed E-state index contributed by atoms with van der Waals surface area (Å²) in [7, 11) is 1.59. The number of ether oxygens (including phenoxy) is 2. The molecule has 1 saturated heterocycles. The molecule has 1 aromatic heterocycles. The Hall–Kier alpha value is -2.89. The molecule has 0 bridgehead atoms. The highest BCUT2D eigenvalue weighted by Gasteiger charge is 2.47. The monoisotopic (exact) mass is 408 g/mol. The van der Waals surface area contributed by atoms with E-state index in [-0.39, 0.29) is 29.1 Å². The van der Waals surface area contributed by atoms with Crippen molar-refractivity contribution < 1.29 is 19.4 Å². The quantitative estimate of drug-likeness (QED) is 0.780. The second kappa shape index (κ2) is 7.42. The van der Waals surface area contributed by atoms with Crippen LogP contribution in [0, 0.1) is 23.2 Å². The number of nitrogens with zero attached hydrogens (tertiary/aromatic N) is 4. The minimum absolute atomic E-state index is 0.00762. The molecule has 0 atom stereocenters. The lowest BCUT2D eigenvalue weighted by Gasteiger charge is -2.29. The van der Waals surface area contributed by atoms with Crippen molar-refractivity contribution in [2.45, 2.75) is 38.5 Å². The SMILES string of the molecule is CN(C(=O)c1cn(CC2OCC3(CC3)CO2)nn1)c1cc(C#CC2CC2)ccc1O. The van der Waals surface area contributed by atoms with Gasteiger partial charge >= 0.3 is 0 Å². The Morgan fingerprint density at radius 2 is 2.10 bits per heavy atom. The van der Waals surface area contributed by atoms with E-state index in [0.717, 1.165) is 31.2 Å². The minimum Gasteiger partial charge on any atom is -0.506 e. The lowest BCUT2D eigenvalue weighted by atomic mass is 10.1. The molecule has 1 aromatic carbocycles. The van der Waals surface area contributed by atoms with Crippen molar-refractivity contribution in [2.24, 2.45) is 11.3 Å². The zero-order valence-corrected chi connectivity index (χ0v) is 16.9. The summed E-state index contributed by atoms with van der Waals surface area (Å²) in [5.41, 5.74) is 1.56. The second-order valence-electron chi connectivity index (χ2n) is 8.49. The first-order chi connectivity index (χ1) is 14.5. The third kappa shape index (κ3) is 4.04. The van der Waals surface area contributed by atoms with Gasteiger partial charge in [-0.3, -0.25) is 4.79 Å². The molecule has 1 spiro atoms. The highest BCUT2D eigenvalue weighted by atomic mass is 16.7. The van der Waals surface area contributed by atoms with Crippen LogP contribution >= 0.6 is 0 Å². The standard InChI is InChI=1S/C22H24N4O4/c1-25(18-10-16(6-7-19(18)27)5-4-15-2-3-15)21(28)17-11-26(24-23-17)12-20-29-13-22(8-9-22)14-30-20/h6-7,10-11,15,20,27H,2-3,8-9,12-14H2,1H3. The first-order valence-corrected chi connectivity index (χ1v) is 10.3. The number of hydrogen-bond donors (Lipinski definition) is 1. The Kier molecular flexibility index (Phi) is 4.72. The van der Waals surface area contributed by atoms with E-state index in [1.54, 1.807) is 36.1 Å². The Morgan fingerprint density at radius 1 is 1.33 bits per heavy atom. The fraction of sp³-hybridized carbons (Fsp3) is 0.500. The lowest BCUT2D eigenvalue weighted by Crippen LogP contribution is -2.36. The van der Waals surface area contributed by atoms with Crippen LogP contribution in [0.2, 0.25) is 0 Å². The van der Waals surface area contributed by atoms with Gasteiger partial charge in [-0.1, -0.05) is 17.1 Å². The molecular formula is C22H24N4O4. The van der Waals surface area contributed by atoms with Crippen LogP contribution in [0.25, 0.3) is 0 Å². The summed E-state index contributed by atoms with van der Waals surface area (Å²) in [5, 5.41) is 18.3. The van der Waals surface area contributed by atoms with Crippen LogP contribution in [0.4, 0.5) is 5.69 Å². The molecule has 5 rings (SSSR count). The molecule has 2 aromatic rings. The summed E-state index contributed by atoms with van der Waals surface area (Å²) in [6.45, 7) is 1.79. The lowest BCUT2D eigenvalue weighted by molar-refractivity contribution is -0.213. The number of aromatic nitrogens is 3. The molecule has 1 aliphatic heterocycles. The van der Waals surface area contributed by atoms with Crippen LogP contribution in [0.5, 0.6) is 5.75 Å². The van der Waals surface area contributed by atoms with Crippen molar-refractivity contribution in [1.29, 1.82) is 0 Å². The van der Waals surface area contributed by atoms with Crippen molar-refractivity contribution in [2.75, 3.05) is 25.2 Å². The fourth-order valence-electron chi connectivity index (χ4n) is 3.40. The van der Waals surface area contributed by atoms with Gasteiger partial charge < -0.3 is 19.5 Å². The van der Waals surface area contributed by atoms with Gasteiger partial charge in [-0.05, 0) is 43.9 Å². The number of carbonyl (C=O) groups excluding carboxylic acids is 1. The number of phenolic OH excluding ortho intramolecular Hbond substituents is 1. The van der Waals surface area contributed by atoms with Gasteiger partial charge in [0.15, 0.2) is 12.0 Å². The highest BCUT2D eigenvalue weighted by molar-refractivity contribution is 6.05. The number of anilines is 1. The number of aromatic hydroxyl groups is 1.